The van der Waals surface area contributed by atoms with Crippen LogP contribution in [-0.2, 0) is 0 Å². The maximum absolute atomic E-state index is 12.0. The molecule has 0 radical (unpaired) electrons. The molecule has 7 heteroatoms. The Kier molecular flexibility index (Phi) is 6.54. The third kappa shape index (κ3) is 5.29. The first-order valence-corrected chi connectivity index (χ1v) is 8.51. The molecule has 0 aromatic heterocycles. The van der Waals surface area contributed by atoms with Gasteiger partial charge in [-0.15, -0.1) is 0 Å². The highest BCUT2D eigenvalue weighted by Crippen LogP contribution is 2.22. The normalized spacial score (nSPS) is 18.8. The molecular weight excluding hydrogens is 335 g/mol. The quantitative estimate of drug-likeness (QED) is 0.495. The summed E-state index contributed by atoms with van der Waals surface area (Å²) in [7, 11) is 0. The molecule has 1 aromatic rings. The Morgan fingerprint density at radius 3 is 2.91 bits per heavy atom. The van der Waals surface area contributed by atoms with Crippen molar-refractivity contribution in [2.24, 2.45) is 16.6 Å². The van der Waals surface area contributed by atoms with Gasteiger partial charge in [0.2, 0.25) is 0 Å². The van der Waals surface area contributed by atoms with Gasteiger partial charge in [-0.25, -0.2) is 0 Å². The third-order valence-electron chi connectivity index (χ3n) is 3.83. The molecule has 1 unspecified atom stereocenters. The second-order valence-electron chi connectivity index (χ2n) is 5.82. The molecule has 1 saturated heterocycles. The summed E-state index contributed by atoms with van der Waals surface area (Å²) in [5.74, 6) is 0.996. The molecule has 1 aromatic carbocycles. The Morgan fingerprint density at radius 2 is 2.22 bits per heavy atom. The average molecular weight is 357 g/mol. The monoisotopic (exact) mass is 356 g/mol. The Bertz CT molecular complexity index is 591. The first kappa shape index (κ1) is 17.9. The number of hydrogen-bond donors (Lipinski definition) is 2. The fourth-order valence-electron chi connectivity index (χ4n) is 2.58. The number of nitrogens with zero attached hydrogens (tertiary/aromatic N) is 2. The van der Waals surface area contributed by atoms with Crippen LogP contribution >= 0.6 is 23.2 Å². The lowest BCUT2D eigenvalue weighted by Crippen LogP contribution is -2.43. The second-order valence-corrected chi connectivity index (χ2v) is 6.63. The molecule has 23 heavy (non-hydrogen) atoms. The largest absolute Gasteiger partial charge is 0.370 e. The van der Waals surface area contributed by atoms with Crippen LogP contribution in [0.4, 0.5) is 0 Å². The lowest BCUT2D eigenvalue weighted by molar-refractivity contribution is 0.0955. The molecule has 1 heterocycles. The molecule has 1 amide bonds. The number of piperidine rings is 1. The predicted octanol–water partition coefficient (Wildman–Crippen LogP) is 2.77. The molecule has 2 rings (SSSR count). The number of hydrogen-bond acceptors (Lipinski definition) is 2. The van der Waals surface area contributed by atoms with E-state index in [0.29, 0.717) is 40.6 Å². The fraction of sp³-hybridized carbons (Fsp3) is 0.500. The summed E-state index contributed by atoms with van der Waals surface area (Å²) in [6.07, 6.45) is 2.38. The summed E-state index contributed by atoms with van der Waals surface area (Å²) in [5.41, 5.74) is 6.48. The Balaban J connectivity index is 1.78. The second kappa shape index (κ2) is 8.41. The number of carbonyl (C=O) groups excluding carboxylic acids is 1. The third-order valence-corrected chi connectivity index (χ3v) is 4.57. The maximum Gasteiger partial charge on any atom is 0.251 e. The minimum Gasteiger partial charge on any atom is -0.370 e. The minimum atomic E-state index is -0.205. The predicted molar refractivity (Wildman–Crippen MR) is 95.3 cm³/mol. The zero-order valence-electron chi connectivity index (χ0n) is 13.2. The number of nitrogens with one attached hydrogen (secondary N) is 1. The van der Waals surface area contributed by atoms with Gasteiger partial charge >= 0.3 is 0 Å². The number of benzene rings is 1. The van der Waals surface area contributed by atoms with Gasteiger partial charge in [0, 0.05) is 25.2 Å². The Labute approximate surface area is 146 Å². The molecule has 5 nitrogen and oxygen atoms in total. The van der Waals surface area contributed by atoms with E-state index in [0.717, 1.165) is 19.5 Å². The van der Waals surface area contributed by atoms with Gasteiger partial charge in [0.1, 0.15) is 0 Å². The molecule has 0 aliphatic carbocycles. The van der Waals surface area contributed by atoms with Gasteiger partial charge in [0.05, 0.1) is 16.6 Å². The van der Waals surface area contributed by atoms with Crippen molar-refractivity contribution < 1.29 is 4.79 Å². The van der Waals surface area contributed by atoms with E-state index in [1.165, 1.54) is 6.42 Å². The van der Waals surface area contributed by atoms with Crippen molar-refractivity contribution in [1.29, 1.82) is 0 Å². The molecule has 0 bridgehead atoms. The molecule has 1 aliphatic heterocycles. The Hall–Kier alpha value is -1.46. The molecule has 0 saturated carbocycles. The van der Waals surface area contributed by atoms with Crippen LogP contribution < -0.4 is 11.1 Å². The van der Waals surface area contributed by atoms with Crippen molar-refractivity contribution in [3.63, 3.8) is 0 Å². The highest BCUT2D eigenvalue weighted by atomic mass is 35.5. The summed E-state index contributed by atoms with van der Waals surface area (Å²) in [4.78, 5) is 18.4. The summed E-state index contributed by atoms with van der Waals surface area (Å²) in [6, 6.07) is 4.79. The topological polar surface area (TPSA) is 70.7 Å². The van der Waals surface area contributed by atoms with E-state index in [1.54, 1.807) is 18.2 Å². The minimum absolute atomic E-state index is 0.205. The number of guanidine groups is 1. The molecular formula is C16H22Cl2N4O. The van der Waals surface area contributed by atoms with Gasteiger partial charge in [-0.2, -0.15) is 0 Å². The van der Waals surface area contributed by atoms with E-state index in [-0.39, 0.29) is 5.91 Å². The van der Waals surface area contributed by atoms with Gasteiger partial charge in [-0.3, -0.25) is 9.79 Å². The van der Waals surface area contributed by atoms with Crippen LogP contribution in [0, 0.1) is 5.92 Å². The van der Waals surface area contributed by atoms with Gasteiger partial charge in [0.15, 0.2) is 5.96 Å². The van der Waals surface area contributed by atoms with Gasteiger partial charge in [-0.1, -0.05) is 30.1 Å². The number of likely N-dealkylation sites (tertiary alicyclic amines) is 1. The van der Waals surface area contributed by atoms with Crippen molar-refractivity contribution in [1.82, 2.24) is 10.2 Å². The lowest BCUT2D eigenvalue weighted by Gasteiger charge is -2.31. The number of aliphatic imine (C=N–C) groups is 1. The van der Waals surface area contributed by atoms with Crippen LogP contribution in [0.25, 0.3) is 0 Å². The van der Waals surface area contributed by atoms with E-state index in [1.807, 2.05) is 0 Å². The number of amides is 1. The molecule has 1 atom stereocenters. The maximum atomic E-state index is 12.0. The average Bonchev–Trinajstić information content (AvgIpc) is 2.53. The fourth-order valence-corrected chi connectivity index (χ4v) is 2.87. The van der Waals surface area contributed by atoms with E-state index in [2.05, 4.69) is 22.1 Å². The standard InChI is InChI=1S/C16H22Cl2N4O/c1-11-3-2-8-22(10-11)16(19)21-7-6-20-15(23)12-4-5-13(17)14(18)9-12/h4-5,9,11H,2-3,6-8,10H2,1H3,(H2,19,21)(H,20,23). The van der Waals surface area contributed by atoms with Crippen molar-refractivity contribution in [2.75, 3.05) is 26.2 Å². The summed E-state index contributed by atoms with van der Waals surface area (Å²) in [6.45, 7) is 4.99. The summed E-state index contributed by atoms with van der Waals surface area (Å²) in [5, 5.41) is 3.58. The number of rotatable bonds is 4. The molecule has 3 N–H and O–H groups in total. The van der Waals surface area contributed by atoms with E-state index in [4.69, 9.17) is 28.9 Å². The zero-order chi connectivity index (χ0) is 16.8. The van der Waals surface area contributed by atoms with E-state index >= 15 is 0 Å². The lowest BCUT2D eigenvalue weighted by atomic mass is 10.0. The smallest absolute Gasteiger partial charge is 0.251 e. The number of halogens is 2. The van der Waals surface area contributed by atoms with Crippen molar-refractivity contribution >= 4 is 35.1 Å². The van der Waals surface area contributed by atoms with Crippen LogP contribution in [-0.4, -0.2) is 42.9 Å². The number of carbonyl (C=O) groups is 1. The first-order chi connectivity index (χ1) is 11.0. The van der Waals surface area contributed by atoms with E-state index in [9.17, 15) is 4.79 Å². The van der Waals surface area contributed by atoms with E-state index < -0.39 is 0 Å². The van der Waals surface area contributed by atoms with Crippen molar-refractivity contribution in [3.05, 3.63) is 33.8 Å². The van der Waals surface area contributed by atoms with Gasteiger partial charge < -0.3 is 16.0 Å². The van der Waals surface area contributed by atoms with Crippen LogP contribution in [0.2, 0.25) is 10.0 Å². The van der Waals surface area contributed by atoms with Crippen LogP contribution in [0.3, 0.4) is 0 Å². The molecule has 1 aliphatic rings. The Morgan fingerprint density at radius 1 is 1.43 bits per heavy atom. The van der Waals surface area contributed by atoms with Crippen molar-refractivity contribution in [3.8, 4) is 0 Å². The SMILES string of the molecule is CC1CCCN(C(N)=NCCNC(=O)c2ccc(Cl)c(Cl)c2)C1. The van der Waals surface area contributed by atoms with Crippen LogP contribution in [0.15, 0.2) is 23.2 Å². The van der Waals surface area contributed by atoms with Gasteiger partial charge in [0.25, 0.3) is 5.91 Å². The molecule has 126 valence electrons. The van der Waals surface area contributed by atoms with Crippen LogP contribution in [0.5, 0.6) is 0 Å². The highest BCUT2D eigenvalue weighted by molar-refractivity contribution is 6.42. The summed E-state index contributed by atoms with van der Waals surface area (Å²) >= 11 is 11.7. The highest BCUT2D eigenvalue weighted by Gasteiger charge is 2.17. The van der Waals surface area contributed by atoms with Crippen LogP contribution in [0.1, 0.15) is 30.1 Å². The van der Waals surface area contributed by atoms with Crippen molar-refractivity contribution in [2.45, 2.75) is 19.8 Å². The first-order valence-electron chi connectivity index (χ1n) is 7.75. The summed E-state index contributed by atoms with van der Waals surface area (Å²) < 4.78 is 0. The van der Waals surface area contributed by atoms with Gasteiger partial charge in [-0.05, 0) is 37.0 Å². The number of nitrogens with two attached hydrogens (primary N) is 1. The molecule has 1 fully saturated rings. The zero-order valence-corrected chi connectivity index (χ0v) is 14.7. The molecule has 0 spiro atoms.